The van der Waals surface area contributed by atoms with E-state index in [1.807, 2.05) is 44.4 Å². The van der Waals surface area contributed by atoms with Gasteiger partial charge in [0, 0.05) is 5.69 Å². The number of hydrogen-bond donors (Lipinski definition) is 2. The van der Waals surface area contributed by atoms with Crippen molar-refractivity contribution in [3.05, 3.63) is 50.2 Å². The second-order valence-electron chi connectivity index (χ2n) is 5.88. The van der Waals surface area contributed by atoms with Gasteiger partial charge in [-0.25, -0.2) is 0 Å². The van der Waals surface area contributed by atoms with Crippen LogP contribution >= 0.6 is 22.9 Å². The third kappa shape index (κ3) is 2.18. The Hall–Kier alpha value is -1.36. The Morgan fingerprint density at radius 1 is 1.38 bits per heavy atom. The zero-order chi connectivity index (χ0) is 15.4. The molecule has 0 saturated heterocycles. The van der Waals surface area contributed by atoms with Crippen LogP contribution in [-0.2, 0) is 10.2 Å². The van der Waals surface area contributed by atoms with Gasteiger partial charge >= 0.3 is 0 Å². The summed E-state index contributed by atoms with van der Waals surface area (Å²) >= 11 is 7.68. The number of carbonyl (C=O) groups is 1. The van der Waals surface area contributed by atoms with E-state index < -0.39 is 11.5 Å². The van der Waals surface area contributed by atoms with E-state index in [0.717, 1.165) is 27.3 Å². The van der Waals surface area contributed by atoms with Gasteiger partial charge in [0.25, 0.3) is 0 Å². The van der Waals surface area contributed by atoms with Crippen LogP contribution in [0.1, 0.15) is 41.5 Å². The number of aliphatic hydroxyl groups excluding tert-OH is 1. The number of aryl methyl sites for hydroxylation is 1. The second-order valence-corrected chi connectivity index (χ2v) is 7.17. The molecule has 0 aliphatic carbocycles. The molecule has 1 amide bonds. The molecule has 21 heavy (non-hydrogen) atoms. The summed E-state index contributed by atoms with van der Waals surface area (Å²) < 4.78 is 0. The third-order valence-corrected chi connectivity index (χ3v) is 5.79. The number of hydrogen-bond acceptors (Lipinski definition) is 3. The van der Waals surface area contributed by atoms with Crippen LogP contribution in [0.15, 0.2) is 23.6 Å². The highest BCUT2D eigenvalue weighted by atomic mass is 35.5. The fourth-order valence-electron chi connectivity index (χ4n) is 2.54. The molecule has 0 fully saturated rings. The van der Waals surface area contributed by atoms with Gasteiger partial charge in [-0.05, 0) is 55.0 Å². The molecule has 1 unspecified atom stereocenters. The molecule has 1 atom stereocenters. The maximum absolute atomic E-state index is 12.0. The fraction of sp³-hybridized carbons (Fsp3) is 0.312. The summed E-state index contributed by atoms with van der Waals surface area (Å²) in [5.74, 6) is -0.0193. The van der Waals surface area contributed by atoms with Crippen molar-refractivity contribution in [3.8, 4) is 0 Å². The van der Waals surface area contributed by atoms with Crippen molar-refractivity contribution in [1.29, 1.82) is 0 Å². The van der Waals surface area contributed by atoms with Crippen LogP contribution in [-0.4, -0.2) is 11.0 Å². The number of aliphatic hydroxyl groups is 1. The van der Waals surface area contributed by atoms with Gasteiger partial charge in [-0.2, -0.15) is 0 Å². The van der Waals surface area contributed by atoms with Crippen LogP contribution in [0.3, 0.4) is 0 Å². The third-order valence-electron chi connectivity index (χ3n) is 4.02. The summed E-state index contributed by atoms with van der Waals surface area (Å²) in [6.07, 6.45) is -0.770. The van der Waals surface area contributed by atoms with E-state index in [-0.39, 0.29) is 5.91 Å². The number of halogens is 1. The van der Waals surface area contributed by atoms with E-state index in [1.165, 1.54) is 11.3 Å². The summed E-state index contributed by atoms with van der Waals surface area (Å²) in [4.78, 5) is 12.7. The topological polar surface area (TPSA) is 49.3 Å². The molecule has 5 heteroatoms. The summed E-state index contributed by atoms with van der Waals surface area (Å²) in [6, 6.07) is 5.56. The molecule has 3 rings (SSSR count). The lowest BCUT2D eigenvalue weighted by atomic mass is 9.85. The van der Waals surface area contributed by atoms with Crippen LogP contribution < -0.4 is 5.32 Å². The maximum Gasteiger partial charge on any atom is 0.234 e. The number of carbonyl (C=O) groups excluding carboxylic acids is 1. The lowest BCUT2D eigenvalue weighted by molar-refractivity contribution is -0.119. The predicted octanol–water partition coefficient (Wildman–Crippen LogP) is 4.02. The molecule has 3 nitrogen and oxygen atoms in total. The van der Waals surface area contributed by atoms with Gasteiger partial charge in [0.1, 0.15) is 6.10 Å². The minimum Gasteiger partial charge on any atom is -0.383 e. The van der Waals surface area contributed by atoms with Gasteiger partial charge < -0.3 is 10.4 Å². The van der Waals surface area contributed by atoms with E-state index >= 15 is 0 Å². The molecule has 2 heterocycles. The van der Waals surface area contributed by atoms with Crippen molar-refractivity contribution in [1.82, 2.24) is 0 Å². The number of thiophene rings is 1. The first kappa shape index (κ1) is 14.6. The molecule has 0 saturated carbocycles. The first-order chi connectivity index (χ1) is 9.82. The monoisotopic (exact) mass is 321 g/mol. The summed E-state index contributed by atoms with van der Waals surface area (Å²) in [6.45, 7) is 5.68. The Morgan fingerprint density at radius 3 is 2.71 bits per heavy atom. The van der Waals surface area contributed by atoms with E-state index in [1.54, 1.807) is 0 Å². The molecule has 1 aromatic heterocycles. The lowest BCUT2D eigenvalue weighted by Gasteiger charge is -2.17. The van der Waals surface area contributed by atoms with E-state index in [4.69, 9.17) is 11.6 Å². The molecule has 2 aromatic rings. The zero-order valence-corrected chi connectivity index (χ0v) is 13.6. The minimum atomic E-state index is -0.770. The summed E-state index contributed by atoms with van der Waals surface area (Å²) in [5, 5.41) is 16.0. The van der Waals surface area contributed by atoms with Crippen LogP contribution in [0.4, 0.5) is 5.69 Å². The number of rotatable bonds is 2. The molecule has 2 N–H and O–H groups in total. The Balaban J connectivity index is 2.04. The van der Waals surface area contributed by atoms with Crippen LogP contribution in [0.2, 0.25) is 5.02 Å². The number of amides is 1. The number of benzene rings is 1. The Bertz CT molecular complexity index is 736. The van der Waals surface area contributed by atoms with E-state index in [2.05, 4.69) is 5.32 Å². The van der Waals surface area contributed by atoms with Crippen LogP contribution in [0, 0.1) is 6.92 Å². The minimum absolute atomic E-state index is 0.0193. The van der Waals surface area contributed by atoms with Gasteiger partial charge in [-0.15, -0.1) is 11.3 Å². The Morgan fingerprint density at radius 2 is 2.10 bits per heavy atom. The lowest BCUT2D eigenvalue weighted by Crippen LogP contribution is -2.26. The Kier molecular flexibility index (Phi) is 3.35. The molecule has 1 aromatic carbocycles. The number of nitrogens with one attached hydrogen (secondary N) is 1. The first-order valence-electron chi connectivity index (χ1n) is 6.70. The van der Waals surface area contributed by atoms with E-state index in [0.29, 0.717) is 5.02 Å². The molecule has 0 bridgehead atoms. The van der Waals surface area contributed by atoms with Crippen molar-refractivity contribution in [2.45, 2.75) is 32.3 Å². The summed E-state index contributed by atoms with van der Waals surface area (Å²) in [5.41, 5.74) is 2.86. The quantitative estimate of drug-likeness (QED) is 0.877. The molecule has 1 aliphatic rings. The van der Waals surface area contributed by atoms with Gasteiger partial charge in [-0.1, -0.05) is 17.7 Å². The highest BCUT2D eigenvalue weighted by Gasteiger charge is 2.38. The van der Waals surface area contributed by atoms with Gasteiger partial charge in [0.2, 0.25) is 5.91 Å². The highest BCUT2D eigenvalue weighted by Crippen LogP contribution is 2.41. The molecule has 1 aliphatic heterocycles. The molecule has 0 radical (unpaired) electrons. The predicted molar refractivity (Wildman–Crippen MR) is 86.2 cm³/mol. The fourth-order valence-corrected chi connectivity index (χ4v) is 3.85. The standard InChI is InChI=1S/C16H16ClNO2S/c1-8-7-21-14(12(8)17)13(19)9-4-5-11-10(6-9)16(2,3)15(20)18-11/h4-7,13,19H,1-3H3,(H,18,20). The van der Waals surface area contributed by atoms with Crippen molar-refractivity contribution in [2.75, 3.05) is 5.32 Å². The average Bonchev–Trinajstić information content (AvgIpc) is 2.88. The van der Waals surface area contributed by atoms with Gasteiger partial charge in [0.05, 0.1) is 15.3 Å². The molecular weight excluding hydrogens is 306 g/mol. The van der Waals surface area contributed by atoms with Crippen molar-refractivity contribution < 1.29 is 9.90 Å². The molecule has 0 spiro atoms. The first-order valence-corrected chi connectivity index (χ1v) is 7.95. The highest BCUT2D eigenvalue weighted by molar-refractivity contribution is 7.10. The number of anilines is 1. The van der Waals surface area contributed by atoms with Gasteiger partial charge in [-0.3, -0.25) is 4.79 Å². The SMILES string of the molecule is Cc1csc(C(O)c2ccc3c(c2)C(C)(C)C(=O)N3)c1Cl. The number of fused-ring (bicyclic) bond motifs is 1. The van der Waals surface area contributed by atoms with Crippen LogP contribution in [0.25, 0.3) is 0 Å². The second kappa shape index (κ2) is 4.83. The zero-order valence-electron chi connectivity index (χ0n) is 12.0. The largest absolute Gasteiger partial charge is 0.383 e. The smallest absolute Gasteiger partial charge is 0.234 e. The van der Waals surface area contributed by atoms with E-state index in [9.17, 15) is 9.90 Å². The van der Waals surface area contributed by atoms with Crippen molar-refractivity contribution in [3.63, 3.8) is 0 Å². The van der Waals surface area contributed by atoms with Crippen molar-refractivity contribution >= 4 is 34.5 Å². The van der Waals surface area contributed by atoms with Crippen LogP contribution in [0.5, 0.6) is 0 Å². The maximum atomic E-state index is 12.0. The molecule has 110 valence electrons. The normalized spacial score (nSPS) is 17.5. The van der Waals surface area contributed by atoms with Gasteiger partial charge in [0.15, 0.2) is 0 Å². The Labute approximate surface area is 132 Å². The van der Waals surface area contributed by atoms with Crippen molar-refractivity contribution in [2.24, 2.45) is 0 Å². The average molecular weight is 322 g/mol. The summed E-state index contributed by atoms with van der Waals surface area (Å²) in [7, 11) is 0. The molecular formula is C16H16ClNO2S.